The molecule has 84 valence electrons. The number of rotatable bonds is 2. The highest BCUT2D eigenvalue weighted by Gasteiger charge is 2.02. The quantitative estimate of drug-likeness (QED) is 0.725. The highest BCUT2D eigenvalue weighted by Crippen LogP contribution is 2.20. The van der Waals surface area contributed by atoms with Gasteiger partial charge in [0.05, 0.1) is 5.69 Å². The Balaban J connectivity index is 2.16. The first-order valence-electron chi connectivity index (χ1n) is 5.60. The van der Waals surface area contributed by atoms with Crippen molar-refractivity contribution in [2.45, 2.75) is 6.54 Å². The molecule has 3 nitrogen and oxygen atoms in total. The number of benzene rings is 1. The van der Waals surface area contributed by atoms with Crippen LogP contribution in [0.15, 0.2) is 54.9 Å². The molecule has 0 aliphatic rings. The number of aromatic nitrogens is 2. The maximum absolute atomic E-state index is 5.60. The lowest BCUT2D eigenvalue weighted by atomic mass is 10.1. The van der Waals surface area contributed by atoms with Gasteiger partial charge in [0, 0.05) is 18.9 Å². The first kappa shape index (κ1) is 10.1. The van der Waals surface area contributed by atoms with Crippen LogP contribution in [0.4, 0.5) is 0 Å². The van der Waals surface area contributed by atoms with Crippen LogP contribution in [0.2, 0.25) is 0 Å². The SMILES string of the molecule is NCc1ccc(-c2cccc3nccn23)cc1. The predicted molar refractivity (Wildman–Crippen MR) is 68.5 cm³/mol. The lowest BCUT2D eigenvalue weighted by molar-refractivity contribution is 1.07. The van der Waals surface area contributed by atoms with E-state index in [2.05, 4.69) is 39.7 Å². The molecule has 3 heteroatoms. The van der Waals surface area contributed by atoms with E-state index >= 15 is 0 Å². The molecule has 0 saturated carbocycles. The second-order valence-corrected chi connectivity index (χ2v) is 3.97. The van der Waals surface area contributed by atoms with Gasteiger partial charge in [0.15, 0.2) is 0 Å². The third kappa shape index (κ3) is 1.70. The zero-order chi connectivity index (χ0) is 11.7. The van der Waals surface area contributed by atoms with Crippen LogP contribution in [0.3, 0.4) is 0 Å². The molecule has 0 aliphatic heterocycles. The number of hydrogen-bond donors (Lipinski definition) is 1. The van der Waals surface area contributed by atoms with Gasteiger partial charge < -0.3 is 5.73 Å². The molecule has 3 rings (SSSR count). The highest BCUT2D eigenvalue weighted by molar-refractivity contribution is 5.63. The second kappa shape index (κ2) is 4.03. The van der Waals surface area contributed by atoms with Crippen LogP contribution >= 0.6 is 0 Å². The van der Waals surface area contributed by atoms with Crippen LogP contribution < -0.4 is 5.73 Å². The van der Waals surface area contributed by atoms with Gasteiger partial charge in [-0.05, 0) is 23.3 Å². The maximum atomic E-state index is 5.60. The van der Waals surface area contributed by atoms with E-state index in [1.54, 1.807) is 0 Å². The summed E-state index contributed by atoms with van der Waals surface area (Å²) in [6.45, 7) is 0.579. The average Bonchev–Trinajstić information content (AvgIpc) is 2.87. The van der Waals surface area contributed by atoms with Crippen molar-refractivity contribution in [1.29, 1.82) is 0 Å². The van der Waals surface area contributed by atoms with Crippen LogP contribution in [0.5, 0.6) is 0 Å². The molecule has 2 N–H and O–H groups in total. The normalized spacial score (nSPS) is 10.9. The van der Waals surface area contributed by atoms with Crippen molar-refractivity contribution in [3.8, 4) is 11.3 Å². The van der Waals surface area contributed by atoms with E-state index in [1.165, 1.54) is 5.56 Å². The minimum Gasteiger partial charge on any atom is -0.326 e. The molecule has 3 aromatic rings. The van der Waals surface area contributed by atoms with Gasteiger partial charge in [-0.25, -0.2) is 4.98 Å². The van der Waals surface area contributed by atoms with E-state index in [0.717, 1.165) is 16.9 Å². The van der Waals surface area contributed by atoms with Crippen molar-refractivity contribution in [3.05, 3.63) is 60.4 Å². The molecule has 0 unspecified atom stereocenters. The third-order valence-electron chi connectivity index (χ3n) is 2.91. The molecule has 0 radical (unpaired) electrons. The van der Waals surface area contributed by atoms with Gasteiger partial charge in [0.25, 0.3) is 0 Å². The molecule has 0 bridgehead atoms. The topological polar surface area (TPSA) is 43.3 Å². The number of hydrogen-bond acceptors (Lipinski definition) is 2. The maximum Gasteiger partial charge on any atom is 0.137 e. The van der Waals surface area contributed by atoms with E-state index in [1.807, 2.05) is 24.5 Å². The zero-order valence-corrected chi connectivity index (χ0v) is 9.38. The first-order chi connectivity index (χ1) is 8.38. The summed E-state index contributed by atoms with van der Waals surface area (Å²) in [6, 6.07) is 14.4. The summed E-state index contributed by atoms with van der Waals surface area (Å²) in [5.74, 6) is 0. The molecule has 1 aromatic carbocycles. The minimum atomic E-state index is 0.579. The van der Waals surface area contributed by atoms with Gasteiger partial charge in [-0.3, -0.25) is 4.40 Å². The lowest BCUT2D eigenvalue weighted by Gasteiger charge is -2.06. The van der Waals surface area contributed by atoms with E-state index in [-0.39, 0.29) is 0 Å². The van der Waals surface area contributed by atoms with Crippen LogP contribution in [-0.2, 0) is 6.54 Å². The molecule has 0 atom stereocenters. The molecule has 0 saturated heterocycles. The van der Waals surface area contributed by atoms with Crippen LogP contribution in [0.25, 0.3) is 16.9 Å². The smallest absolute Gasteiger partial charge is 0.137 e. The Kier molecular flexibility index (Phi) is 2.38. The van der Waals surface area contributed by atoms with Gasteiger partial charge in [-0.2, -0.15) is 0 Å². The largest absolute Gasteiger partial charge is 0.326 e. The third-order valence-corrected chi connectivity index (χ3v) is 2.91. The zero-order valence-electron chi connectivity index (χ0n) is 9.38. The summed E-state index contributed by atoms with van der Waals surface area (Å²) < 4.78 is 2.08. The number of nitrogens with two attached hydrogens (primary N) is 1. The molecular formula is C14H13N3. The Morgan fingerprint density at radius 3 is 2.65 bits per heavy atom. The van der Waals surface area contributed by atoms with Crippen molar-refractivity contribution in [3.63, 3.8) is 0 Å². The van der Waals surface area contributed by atoms with E-state index in [9.17, 15) is 0 Å². The Morgan fingerprint density at radius 1 is 1.06 bits per heavy atom. The van der Waals surface area contributed by atoms with Gasteiger partial charge in [0.2, 0.25) is 0 Å². The van der Waals surface area contributed by atoms with Gasteiger partial charge in [-0.15, -0.1) is 0 Å². The molecule has 2 heterocycles. The Morgan fingerprint density at radius 2 is 1.88 bits per heavy atom. The molecule has 0 aliphatic carbocycles. The van der Waals surface area contributed by atoms with Crippen molar-refractivity contribution in [2.24, 2.45) is 5.73 Å². The number of fused-ring (bicyclic) bond motifs is 1. The van der Waals surface area contributed by atoms with E-state index in [4.69, 9.17) is 5.73 Å². The van der Waals surface area contributed by atoms with Crippen molar-refractivity contribution in [2.75, 3.05) is 0 Å². The molecule has 0 spiro atoms. The van der Waals surface area contributed by atoms with Crippen molar-refractivity contribution < 1.29 is 0 Å². The summed E-state index contributed by atoms with van der Waals surface area (Å²) >= 11 is 0. The fourth-order valence-electron chi connectivity index (χ4n) is 1.99. The molecule has 0 amide bonds. The monoisotopic (exact) mass is 223 g/mol. The van der Waals surface area contributed by atoms with Gasteiger partial charge in [-0.1, -0.05) is 30.3 Å². The summed E-state index contributed by atoms with van der Waals surface area (Å²) in [7, 11) is 0. The second-order valence-electron chi connectivity index (χ2n) is 3.97. The fraction of sp³-hybridized carbons (Fsp3) is 0.0714. The van der Waals surface area contributed by atoms with E-state index in [0.29, 0.717) is 6.54 Å². The molecule has 17 heavy (non-hydrogen) atoms. The standard InChI is InChI=1S/C14H13N3/c15-10-11-4-6-12(7-5-11)13-2-1-3-14-16-8-9-17(13)14/h1-9H,10,15H2. The number of imidazole rings is 1. The fourth-order valence-corrected chi connectivity index (χ4v) is 1.99. The summed E-state index contributed by atoms with van der Waals surface area (Å²) in [5, 5.41) is 0. The summed E-state index contributed by atoms with van der Waals surface area (Å²) in [5.41, 5.74) is 10.0. The molecular weight excluding hydrogens is 210 g/mol. The average molecular weight is 223 g/mol. The van der Waals surface area contributed by atoms with Crippen molar-refractivity contribution in [1.82, 2.24) is 9.38 Å². The molecule has 0 fully saturated rings. The van der Waals surface area contributed by atoms with Crippen LogP contribution in [0, 0.1) is 0 Å². The number of nitrogens with zero attached hydrogens (tertiary/aromatic N) is 2. The van der Waals surface area contributed by atoms with Gasteiger partial charge in [0.1, 0.15) is 5.65 Å². The van der Waals surface area contributed by atoms with Crippen LogP contribution in [0.1, 0.15) is 5.56 Å². The lowest BCUT2D eigenvalue weighted by Crippen LogP contribution is -1.96. The van der Waals surface area contributed by atoms with Crippen LogP contribution in [-0.4, -0.2) is 9.38 Å². The Labute approximate surface area is 99.5 Å². The first-order valence-corrected chi connectivity index (χ1v) is 5.60. The van der Waals surface area contributed by atoms with Crippen molar-refractivity contribution >= 4 is 5.65 Å². The van der Waals surface area contributed by atoms with E-state index < -0.39 is 0 Å². The molecule has 2 aromatic heterocycles. The highest BCUT2D eigenvalue weighted by atomic mass is 15.0. The Bertz CT molecular complexity index is 638. The minimum absolute atomic E-state index is 0.579. The Hall–Kier alpha value is -2.13. The van der Waals surface area contributed by atoms with Gasteiger partial charge >= 0.3 is 0 Å². The summed E-state index contributed by atoms with van der Waals surface area (Å²) in [4.78, 5) is 4.28. The predicted octanol–water partition coefficient (Wildman–Crippen LogP) is 2.46. The summed E-state index contributed by atoms with van der Waals surface area (Å²) in [6.07, 6.45) is 3.79. The number of pyridine rings is 1.